The molecule has 2 aromatic carbocycles. The number of hydrogen-bond acceptors (Lipinski definition) is 6. The van der Waals surface area contributed by atoms with Crippen LogP contribution >= 0.6 is 0 Å². The summed E-state index contributed by atoms with van der Waals surface area (Å²) in [5, 5.41) is 10.1. The number of ether oxygens (including phenoxy) is 2. The van der Waals surface area contributed by atoms with E-state index < -0.39 is 0 Å². The molecule has 1 aliphatic heterocycles. The number of methoxy groups -OCH3 is 2. The molecular formula is C53H101N3O4. The molecule has 0 bridgehead atoms. The van der Waals surface area contributed by atoms with Gasteiger partial charge < -0.3 is 24.8 Å². The lowest BCUT2D eigenvalue weighted by molar-refractivity contribution is -0.118. The molecule has 7 nitrogen and oxygen atoms in total. The van der Waals surface area contributed by atoms with E-state index in [1.54, 1.807) is 27.2 Å². The lowest BCUT2D eigenvalue weighted by Crippen LogP contribution is -2.18. The third-order valence-electron chi connectivity index (χ3n) is 8.32. The van der Waals surface area contributed by atoms with Crippen LogP contribution < -0.4 is 10.1 Å². The van der Waals surface area contributed by atoms with E-state index in [1.165, 1.54) is 82.6 Å². The number of rotatable bonds is 8. The van der Waals surface area contributed by atoms with Crippen LogP contribution in [0.1, 0.15) is 160 Å². The van der Waals surface area contributed by atoms with Crippen molar-refractivity contribution in [2.45, 2.75) is 162 Å². The highest BCUT2D eigenvalue weighted by Crippen LogP contribution is 2.26. The topological polar surface area (TPSA) is 83.9 Å². The van der Waals surface area contributed by atoms with Gasteiger partial charge in [-0.15, -0.1) is 6.58 Å². The minimum atomic E-state index is 0. The van der Waals surface area contributed by atoms with Crippen molar-refractivity contribution in [1.82, 2.24) is 15.2 Å². The zero-order valence-corrected chi connectivity index (χ0v) is 40.2. The largest absolute Gasteiger partial charge is 0.497 e. The third kappa shape index (κ3) is 56.6. The van der Waals surface area contributed by atoms with Crippen molar-refractivity contribution in [2.24, 2.45) is 5.92 Å². The van der Waals surface area contributed by atoms with Gasteiger partial charge in [0.15, 0.2) is 0 Å². The predicted octanol–water partition coefficient (Wildman–Crippen LogP) is 14.1. The second-order valence-corrected chi connectivity index (χ2v) is 12.8. The summed E-state index contributed by atoms with van der Waals surface area (Å²) >= 11 is 0. The summed E-state index contributed by atoms with van der Waals surface area (Å²) in [4.78, 5) is 16.5. The number of amides is 1. The van der Waals surface area contributed by atoms with E-state index in [9.17, 15) is 4.79 Å². The molecule has 352 valence electrons. The number of allylic oxidation sites excluding steroid dienone is 1. The molecule has 1 saturated heterocycles. The van der Waals surface area contributed by atoms with E-state index in [4.69, 9.17) is 9.84 Å². The van der Waals surface area contributed by atoms with Gasteiger partial charge in [-0.2, -0.15) is 0 Å². The van der Waals surface area contributed by atoms with Crippen molar-refractivity contribution in [1.29, 1.82) is 0 Å². The fourth-order valence-corrected chi connectivity index (χ4v) is 4.95. The Morgan fingerprint density at radius 3 is 1.47 bits per heavy atom. The van der Waals surface area contributed by atoms with Crippen LogP contribution in [0.4, 0.5) is 0 Å². The number of aryl methyl sites for hydroxylation is 3. The maximum atomic E-state index is 9.93. The molecule has 0 atom stereocenters. The van der Waals surface area contributed by atoms with Gasteiger partial charge in [-0.1, -0.05) is 150 Å². The lowest BCUT2D eigenvalue weighted by Gasteiger charge is -2.08. The highest BCUT2D eigenvalue weighted by molar-refractivity contribution is 5.72. The molecule has 2 fully saturated rings. The molecule has 3 aromatic rings. The number of nitrogens with one attached hydrogen (secondary N) is 1. The minimum Gasteiger partial charge on any atom is -0.497 e. The molecule has 0 spiro atoms. The normalized spacial score (nSPS) is 11.4. The first kappa shape index (κ1) is 71.0. The number of aliphatic hydroxyl groups excluding tert-OH is 1. The average Bonchev–Trinajstić information content (AvgIpc) is 4.03. The number of hydrogen-bond donors (Lipinski definition) is 2. The Bertz CT molecular complexity index is 1070. The number of carbonyl (C=O) groups excluding carboxylic acids is 1. The maximum Gasteiger partial charge on any atom is 0.216 e. The van der Waals surface area contributed by atoms with Gasteiger partial charge in [-0.25, -0.2) is 0 Å². The Kier molecular flexibility index (Phi) is 73.5. The zero-order valence-electron chi connectivity index (χ0n) is 40.2. The fourth-order valence-electron chi connectivity index (χ4n) is 4.95. The molecular weight excluding hydrogens is 743 g/mol. The Morgan fingerprint density at radius 2 is 1.23 bits per heavy atom. The van der Waals surface area contributed by atoms with E-state index in [0.29, 0.717) is 0 Å². The summed E-state index contributed by atoms with van der Waals surface area (Å²) in [6.07, 6.45) is 17.1. The summed E-state index contributed by atoms with van der Waals surface area (Å²) in [5.41, 5.74) is 3.92. The quantitative estimate of drug-likeness (QED) is 0.220. The molecule has 1 aliphatic carbocycles. The van der Waals surface area contributed by atoms with Gasteiger partial charge in [-0.05, 0) is 121 Å². The standard InChI is InChI=1S/C9H12O.C8H10.C7H9N.C7H14.C6H13N.C4H9NO.C3H8O.C3H6.C2H6O.C2H6.2CH4/c1-3-8-4-6-9(10-2)7-5-8;1-2-8-6-4-3-5-7-8;1-2-7-5-3-4-6-8-7;2*1-2-7-5-3-4-6-7;1-3-5-4(2)6;1-3-4-2;1-3-2;1-2-3;1-2;;/h4-7H,3H2,1-2H3;3-7H,2H2,1H3;3-6H,2H2,1H3;7H,2-6H2,1H3;2-6H2,1H3;3H2,1-2H3,(H,5,6);3H2,1-2H3;3H,1H2,2H3;3H,2H2,1H3;1-2H3;2*1H4. The number of carbonyl (C=O) groups is 1. The Labute approximate surface area is 375 Å². The fraction of sp³-hybridized carbons (Fsp3) is 0.623. The molecule has 7 heteroatoms. The van der Waals surface area contributed by atoms with Crippen LogP contribution in [0, 0.1) is 5.92 Å². The highest BCUT2D eigenvalue weighted by Gasteiger charge is 2.11. The van der Waals surface area contributed by atoms with Gasteiger partial charge in [0, 0.05) is 45.7 Å². The molecule has 0 unspecified atom stereocenters. The zero-order chi connectivity index (χ0) is 45.1. The lowest BCUT2D eigenvalue weighted by atomic mass is 10.1. The van der Waals surface area contributed by atoms with E-state index in [1.807, 2.05) is 77.2 Å². The third-order valence-corrected chi connectivity index (χ3v) is 8.32. The SMILES string of the molecule is C.C.C=CC.CC.CCC1CCCC1.CCN1CCCC1.CCNC(C)=O.CCO.CCOC.CCc1ccc(OC)cc1.CCc1ccccc1.CCc1ccccn1. The molecule has 0 radical (unpaired) electrons. The number of pyridine rings is 1. The van der Waals surface area contributed by atoms with Gasteiger partial charge >= 0.3 is 0 Å². The van der Waals surface area contributed by atoms with Crippen molar-refractivity contribution in [3.63, 3.8) is 0 Å². The van der Waals surface area contributed by atoms with Gasteiger partial charge in [0.25, 0.3) is 0 Å². The first-order valence-electron chi connectivity index (χ1n) is 22.3. The smallest absolute Gasteiger partial charge is 0.216 e. The number of aromatic nitrogens is 1. The second kappa shape index (κ2) is 62.1. The minimum absolute atomic E-state index is 0. The number of nitrogens with zero attached hydrogens (tertiary/aromatic N) is 2. The van der Waals surface area contributed by atoms with E-state index >= 15 is 0 Å². The summed E-state index contributed by atoms with van der Waals surface area (Å²) < 4.78 is 9.56. The first-order chi connectivity index (χ1) is 28.1. The van der Waals surface area contributed by atoms with E-state index in [2.05, 4.69) is 97.5 Å². The highest BCUT2D eigenvalue weighted by atomic mass is 16.5. The summed E-state index contributed by atoms with van der Waals surface area (Å²) in [6, 6.07) is 24.6. The maximum absolute atomic E-state index is 9.93. The van der Waals surface area contributed by atoms with Crippen LogP contribution in [-0.4, -0.2) is 74.5 Å². The van der Waals surface area contributed by atoms with Crippen LogP contribution in [-0.2, 0) is 28.8 Å². The van der Waals surface area contributed by atoms with Gasteiger partial charge in [0.1, 0.15) is 5.75 Å². The molecule has 60 heavy (non-hydrogen) atoms. The van der Waals surface area contributed by atoms with Crippen LogP contribution in [0.15, 0.2) is 91.6 Å². The van der Waals surface area contributed by atoms with Crippen molar-refractivity contribution < 1.29 is 19.4 Å². The Morgan fingerprint density at radius 1 is 0.783 bits per heavy atom. The van der Waals surface area contributed by atoms with E-state index in [-0.39, 0.29) is 27.4 Å². The first-order valence-corrected chi connectivity index (χ1v) is 22.3. The molecule has 1 saturated carbocycles. The molecule has 2 heterocycles. The summed E-state index contributed by atoms with van der Waals surface area (Å²) in [7, 11) is 3.36. The van der Waals surface area contributed by atoms with Crippen LogP contribution in [0.2, 0.25) is 0 Å². The number of likely N-dealkylation sites (tertiary alicyclic amines) is 1. The summed E-state index contributed by atoms with van der Waals surface area (Å²) in [6.45, 7) is 33.0. The molecule has 5 rings (SSSR count). The van der Waals surface area contributed by atoms with Crippen LogP contribution in [0.3, 0.4) is 0 Å². The molecule has 2 aliphatic rings. The molecule has 1 aromatic heterocycles. The molecule has 1 amide bonds. The van der Waals surface area contributed by atoms with Crippen molar-refractivity contribution >= 4 is 5.91 Å². The van der Waals surface area contributed by atoms with Gasteiger partial charge in [0.2, 0.25) is 5.91 Å². The summed E-state index contributed by atoms with van der Waals surface area (Å²) in [5.74, 6) is 2.06. The second-order valence-electron chi connectivity index (χ2n) is 12.8. The number of benzene rings is 2. The number of aliphatic hydroxyl groups is 1. The van der Waals surface area contributed by atoms with Gasteiger partial charge in [-0.3, -0.25) is 9.78 Å². The van der Waals surface area contributed by atoms with Crippen molar-refractivity contribution in [3.05, 3.63) is 108 Å². The Balaban J connectivity index is -0.000000107. The van der Waals surface area contributed by atoms with Crippen molar-refractivity contribution in [3.8, 4) is 5.75 Å². The molecule has 2 N–H and O–H groups in total. The van der Waals surface area contributed by atoms with Crippen LogP contribution in [0.5, 0.6) is 5.75 Å². The van der Waals surface area contributed by atoms with Crippen LogP contribution in [0.25, 0.3) is 0 Å². The van der Waals surface area contributed by atoms with Gasteiger partial charge in [0.05, 0.1) is 7.11 Å². The van der Waals surface area contributed by atoms with Crippen molar-refractivity contribution in [2.75, 3.05) is 53.6 Å². The predicted molar refractivity (Wildman–Crippen MR) is 271 cm³/mol. The monoisotopic (exact) mass is 844 g/mol. The average molecular weight is 844 g/mol. The Hall–Kier alpha value is -3.52. The van der Waals surface area contributed by atoms with E-state index in [0.717, 1.165) is 49.8 Å².